The quantitative estimate of drug-likeness (QED) is 0.183. The van der Waals surface area contributed by atoms with E-state index >= 15 is 0 Å². The molecule has 242 valence electrons. The molecule has 3 aromatic heterocycles. The van der Waals surface area contributed by atoms with Crippen molar-refractivity contribution in [1.29, 1.82) is 0 Å². The fourth-order valence-corrected chi connectivity index (χ4v) is 7.11. The van der Waals surface area contributed by atoms with Crippen molar-refractivity contribution in [2.75, 3.05) is 0 Å². The molecule has 0 aliphatic carbocycles. The lowest BCUT2D eigenvalue weighted by atomic mass is 9.98. The van der Waals surface area contributed by atoms with Crippen LogP contribution in [0, 0.1) is 0 Å². The van der Waals surface area contributed by atoms with Crippen LogP contribution in [0.25, 0.3) is 99.9 Å². The number of nitrogens with zero attached hydrogens (tertiary/aromatic N) is 5. The second-order valence-electron chi connectivity index (χ2n) is 13.0. The average molecular weight is 664 g/mol. The molecule has 5 nitrogen and oxygen atoms in total. The topological polar surface area (TPSA) is 64.5 Å². The number of hydrogen-bond acceptors (Lipinski definition) is 5. The van der Waals surface area contributed by atoms with Crippen molar-refractivity contribution in [3.63, 3.8) is 0 Å². The number of rotatable bonds is 5. The van der Waals surface area contributed by atoms with E-state index < -0.39 is 0 Å². The van der Waals surface area contributed by atoms with Crippen molar-refractivity contribution in [3.8, 4) is 56.7 Å². The third-order valence-electron chi connectivity index (χ3n) is 9.71. The van der Waals surface area contributed by atoms with Gasteiger partial charge in [0, 0.05) is 44.8 Å². The van der Waals surface area contributed by atoms with E-state index in [0.29, 0.717) is 17.5 Å². The number of aromatic nitrogens is 5. The molecule has 0 bridgehead atoms. The molecule has 10 aromatic rings. The summed E-state index contributed by atoms with van der Waals surface area (Å²) in [5, 5.41) is 7.74. The highest BCUT2D eigenvalue weighted by atomic mass is 15.0. The average Bonchev–Trinajstić information content (AvgIpc) is 3.22. The highest BCUT2D eigenvalue weighted by molar-refractivity contribution is 5.98. The Morgan fingerprint density at radius 2 is 0.827 bits per heavy atom. The lowest BCUT2D eigenvalue weighted by molar-refractivity contribution is 1.08. The smallest absolute Gasteiger partial charge is 0.164 e. The predicted octanol–water partition coefficient (Wildman–Crippen LogP) is 11.6. The van der Waals surface area contributed by atoms with E-state index in [2.05, 4.69) is 146 Å². The Morgan fingerprint density at radius 1 is 0.308 bits per heavy atom. The molecule has 0 fully saturated rings. The van der Waals surface area contributed by atoms with Gasteiger partial charge in [-0.2, -0.15) is 0 Å². The molecule has 0 spiro atoms. The fourth-order valence-electron chi connectivity index (χ4n) is 7.11. The van der Waals surface area contributed by atoms with Gasteiger partial charge in [-0.1, -0.05) is 133 Å². The third-order valence-corrected chi connectivity index (χ3v) is 9.71. The summed E-state index contributed by atoms with van der Waals surface area (Å²) < 4.78 is 0. The van der Waals surface area contributed by atoms with Crippen molar-refractivity contribution >= 4 is 43.2 Å². The van der Waals surface area contributed by atoms with E-state index in [9.17, 15) is 0 Å². The lowest BCUT2D eigenvalue weighted by Crippen LogP contribution is -2.01. The van der Waals surface area contributed by atoms with Crippen LogP contribution in [-0.4, -0.2) is 24.9 Å². The molecule has 0 amide bonds. The van der Waals surface area contributed by atoms with Gasteiger partial charge < -0.3 is 0 Å². The van der Waals surface area contributed by atoms with Crippen LogP contribution >= 0.6 is 0 Å². The first-order valence-electron chi connectivity index (χ1n) is 17.3. The minimum absolute atomic E-state index is 0.575. The molecular weight excluding hydrogens is 635 g/mol. The summed E-state index contributed by atoms with van der Waals surface area (Å²) in [4.78, 5) is 25.7. The highest BCUT2D eigenvalue weighted by Crippen LogP contribution is 2.36. The lowest BCUT2D eigenvalue weighted by Gasteiger charge is -2.14. The summed E-state index contributed by atoms with van der Waals surface area (Å²) >= 11 is 0. The first-order valence-corrected chi connectivity index (χ1v) is 17.3. The number of fused-ring (bicyclic) bond motifs is 4. The molecule has 0 saturated carbocycles. The minimum atomic E-state index is 0.575. The Morgan fingerprint density at radius 3 is 1.52 bits per heavy atom. The van der Waals surface area contributed by atoms with Gasteiger partial charge in [0.2, 0.25) is 0 Å². The normalized spacial score (nSPS) is 11.5. The van der Waals surface area contributed by atoms with Gasteiger partial charge in [0.15, 0.2) is 17.5 Å². The van der Waals surface area contributed by atoms with Gasteiger partial charge in [0.05, 0.1) is 16.9 Å². The highest BCUT2D eigenvalue weighted by Gasteiger charge is 2.18. The largest absolute Gasteiger partial charge is 0.256 e. The maximum absolute atomic E-state index is 5.24. The van der Waals surface area contributed by atoms with Gasteiger partial charge in [0.1, 0.15) is 0 Å². The van der Waals surface area contributed by atoms with Crippen LogP contribution in [-0.2, 0) is 0 Å². The molecule has 3 heterocycles. The molecule has 5 heteroatoms. The minimum Gasteiger partial charge on any atom is -0.256 e. The number of hydrogen-bond donors (Lipinski definition) is 0. The Labute approximate surface area is 300 Å². The van der Waals surface area contributed by atoms with Crippen LogP contribution in [0.1, 0.15) is 0 Å². The van der Waals surface area contributed by atoms with Crippen molar-refractivity contribution in [1.82, 2.24) is 24.9 Å². The molecule has 0 N–H and O–H groups in total. The summed E-state index contributed by atoms with van der Waals surface area (Å²) in [6, 6.07) is 58.5. The van der Waals surface area contributed by atoms with E-state index in [1.54, 1.807) is 0 Å². The molecule has 52 heavy (non-hydrogen) atoms. The Kier molecular flexibility index (Phi) is 7.07. The number of pyridine rings is 2. The maximum atomic E-state index is 5.24. The zero-order valence-electron chi connectivity index (χ0n) is 28.0. The zero-order chi connectivity index (χ0) is 34.4. The SMILES string of the molecule is c1ccc2cc(-c3cc(-c4ccc5ccccc5n4)cc(-c4nc(-c5cccc6ccccc56)nc(-c5cccc6ccccc56)n4)c3)ncc2c1. The van der Waals surface area contributed by atoms with Crippen molar-refractivity contribution in [2.45, 2.75) is 0 Å². The summed E-state index contributed by atoms with van der Waals surface area (Å²) in [5.41, 5.74) is 7.31. The van der Waals surface area contributed by atoms with Crippen molar-refractivity contribution in [3.05, 3.63) is 176 Å². The Balaban J connectivity index is 1.24. The maximum Gasteiger partial charge on any atom is 0.164 e. The van der Waals surface area contributed by atoms with Crippen LogP contribution in [0.4, 0.5) is 0 Å². The standard InChI is InChI=1S/C47H29N5/c1-2-15-34-29-48-44(28-33(34)14-1)36-25-35(43-24-23-32-13-5-8-22-42(32)49-43)26-37(27-36)45-50-46(40-20-9-16-30-11-3-6-18-38(30)40)52-47(51-45)41-21-10-17-31-12-4-7-19-39(31)41/h1-29H. The first-order chi connectivity index (χ1) is 25.7. The van der Waals surface area contributed by atoms with Gasteiger partial charge >= 0.3 is 0 Å². The Hall–Kier alpha value is -7.11. The van der Waals surface area contributed by atoms with Crippen molar-refractivity contribution in [2.24, 2.45) is 0 Å². The van der Waals surface area contributed by atoms with E-state index in [1.165, 1.54) is 0 Å². The van der Waals surface area contributed by atoms with Gasteiger partial charge in [0.25, 0.3) is 0 Å². The Bertz CT molecular complexity index is 2780. The van der Waals surface area contributed by atoms with E-state index in [4.69, 9.17) is 24.9 Å². The predicted molar refractivity (Wildman–Crippen MR) is 213 cm³/mol. The van der Waals surface area contributed by atoms with Crippen LogP contribution in [0.2, 0.25) is 0 Å². The van der Waals surface area contributed by atoms with Crippen LogP contribution in [0.3, 0.4) is 0 Å². The number of benzene rings is 7. The molecule has 7 aromatic carbocycles. The van der Waals surface area contributed by atoms with Gasteiger partial charge in [-0.15, -0.1) is 0 Å². The molecule has 0 aliphatic rings. The van der Waals surface area contributed by atoms with E-state index in [0.717, 1.165) is 82.4 Å². The van der Waals surface area contributed by atoms with E-state index in [-0.39, 0.29) is 0 Å². The summed E-state index contributed by atoms with van der Waals surface area (Å²) in [5.74, 6) is 1.80. The summed E-state index contributed by atoms with van der Waals surface area (Å²) in [7, 11) is 0. The van der Waals surface area contributed by atoms with Crippen LogP contribution < -0.4 is 0 Å². The fraction of sp³-hybridized carbons (Fsp3) is 0. The number of para-hydroxylation sites is 1. The molecule has 0 radical (unpaired) electrons. The van der Waals surface area contributed by atoms with Gasteiger partial charge in [-0.3, -0.25) is 4.98 Å². The first kappa shape index (κ1) is 29.8. The second kappa shape index (κ2) is 12.3. The molecular formula is C47H29N5. The van der Waals surface area contributed by atoms with Gasteiger partial charge in [-0.25, -0.2) is 19.9 Å². The molecule has 0 saturated heterocycles. The van der Waals surface area contributed by atoms with E-state index in [1.807, 2.05) is 30.5 Å². The molecule has 0 unspecified atom stereocenters. The second-order valence-corrected chi connectivity index (χ2v) is 13.0. The van der Waals surface area contributed by atoms with Crippen LogP contribution in [0.15, 0.2) is 176 Å². The molecule has 0 atom stereocenters. The summed E-state index contributed by atoms with van der Waals surface area (Å²) in [6.45, 7) is 0. The monoisotopic (exact) mass is 663 g/mol. The van der Waals surface area contributed by atoms with Crippen molar-refractivity contribution < 1.29 is 0 Å². The zero-order valence-corrected chi connectivity index (χ0v) is 28.0. The third kappa shape index (κ3) is 5.32. The van der Waals surface area contributed by atoms with Crippen LogP contribution in [0.5, 0.6) is 0 Å². The van der Waals surface area contributed by atoms with Gasteiger partial charge in [-0.05, 0) is 63.3 Å². The molecule has 0 aliphatic heterocycles. The summed E-state index contributed by atoms with van der Waals surface area (Å²) in [6.07, 6.45) is 1.94. The molecule has 10 rings (SSSR count).